The first-order valence-electron chi connectivity index (χ1n) is 7.82. The van der Waals surface area contributed by atoms with Crippen LogP contribution < -0.4 is 10.6 Å². The van der Waals surface area contributed by atoms with Gasteiger partial charge in [-0.3, -0.25) is 9.59 Å². The summed E-state index contributed by atoms with van der Waals surface area (Å²) >= 11 is 0. The SMILES string of the molecule is CC(C)(C)NC(=O)CNC(=O)c1ccc(-c2cccc(C(F)(F)F)c2)o1. The first-order chi connectivity index (χ1) is 12.0. The number of furan rings is 1. The van der Waals surface area contributed by atoms with Gasteiger partial charge in [-0.25, -0.2) is 0 Å². The molecule has 2 N–H and O–H groups in total. The number of rotatable bonds is 4. The van der Waals surface area contributed by atoms with Crippen molar-refractivity contribution in [2.45, 2.75) is 32.5 Å². The Morgan fingerprint density at radius 1 is 1.08 bits per heavy atom. The van der Waals surface area contributed by atoms with Gasteiger partial charge in [-0.1, -0.05) is 12.1 Å². The van der Waals surface area contributed by atoms with Crippen LogP contribution in [0.2, 0.25) is 0 Å². The molecule has 8 heteroatoms. The molecule has 0 saturated carbocycles. The highest BCUT2D eigenvalue weighted by Gasteiger charge is 2.30. The van der Waals surface area contributed by atoms with E-state index in [0.29, 0.717) is 0 Å². The van der Waals surface area contributed by atoms with Gasteiger partial charge in [0.15, 0.2) is 5.76 Å². The van der Waals surface area contributed by atoms with Gasteiger partial charge in [-0.15, -0.1) is 0 Å². The molecule has 0 fully saturated rings. The van der Waals surface area contributed by atoms with E-state index in [-0.39, 0.29) is 29.5 Å². The van der Waals surface area contributed by atoms with Crippen molar-refractivity contribution in [2.75, 3.05) is 6.54 Å². The fraction of sp³-hybridized carbons (Fsp3) is 0.333. The summed E-state index contributed by atoms with van der Waals surface area (Å²) in [6, 6.07) is 7.35. The number of carbonyl (C=O) groups excluding carboxylic acids is 2. The molecule has 0 saturated heterocycles. The Kier molecular flexibility index (Phi) is 5.44. The average molecular weight is 368 g/mol. The van der Waals surface area contributed by atoms with Crippen molar-refractivity contribution in [2.24, 2.45) is 0 Å². The molecule has 140 valence electrons. The van der Waals surface area contributed by atoms with Crippen LogP contribution >= 0.6 is 0 Å². The Morgan fingerprint density at radius 3 is 2.38 bits per heavy atom. The third kappa shape index (κ3) is 5.37. The summed E-state index contributed by atoms with van der Waals surface area (Å²) in [7, 11) is 0. The van der Waals surface area contributed by atoms with Crippen LogP contribution in [0.5, 0.6) is 0 Å². The third-order valence-corrected chi connectivity index (χ3v) is 3.23. The highest BCUT2D eigenvalue weighted by Crippen LogP contribution is 2.32. The lowest BCUT2D eigenvalue weighted by molar-refractivity contribution is -0.137. The molecule has 0 aliphatic carbocycles. The Hall–Kier alpha value is -2.77. The van der Waals surface area contributed by atoms with Crippen LogP contribution in [0, 0.1) is 0 Å². The van der Waals surface area contributed by atoms with Crippen LogP contribution in [0.25, 0.3) is 11.3 Å². The molecule has 26 heavy (non-hydrogen) atoms. The van der Waals surface area contributed by atoms with Crippen molar-refractivity contribution in [1.29, 1.82) is 0 Å². The van der Waals surface area contributed by atoms with Crippen LogP contribution in [-0.4, -0.2) is 23.9 Å². The minimum atomic E-state index is -4.47. The van der Waals surface area contributed by atoms with Gasteiger partial charge >= 0.3 is 6.18 Å². The molecule has 5 nitrogen and oxygen atoms in total. The van der Waals surface area contributed by atoms with Gasteiger partial charge in [-0.05, 0) is 45.0 Å². The second-order valence-corrected chi connectivity index (χ2v) is 6.72. The number of benzene rings is 1. The second kappa shape index (κ2) is 7.23. The van der Waals surface area contributed by atoms with Crippen molar-refractivity contribution < 1.29 is 27.2 Å². The van der Waals surface area contributed by atoms with Crippen LogP contribution in [0.15, 0.2) is 40.8 Å². The summed E-state index contributed by atoms with van der Waals surface area (Å²) in [4.78, 5) is 23.7. The summed E-state index contributed by atoms with van der Waals surface area (Å²) in [5.41, 5.74) is -1.04. The van der Waals surface area contributed by atoms with Crippen molar-refractivity contribution >= 4 is 11.8 Å². The average Bonchev–Trinajstić information content (AvgIpc) is 3.00. The Labute approximate surface area is 148 Å². The van der Waals surface area contributed by atoms with Crippen molar-refractivity contribution in [3.8, 4) is 11.3 Å². The fourth-order valence-corrected chi connectivity index (χ4v) is 2.17. The van der Waals surface area contributed by atoms with Crippen molar-refractivity contribution in [3.05, 3.63) is 47.7 Å². The highest BCUT2D eigenvalue weighted by atomic mass is 19.4. The molecule has 0 aliphatic heterocycles. The predicted molar refractivity (Wildman–Crippen MR) is 89.4 cm³/mol. The molecule has 0 spiro atoms. The van der Waals surface area contributed by atoms with Gasteiger partial charge in [0.1, 0.15) is 5.76 Å². The highest BCUT2D eigenvalue weighted by molar-refractivity contribution is 5.94. The number of hydrogen-bond acceptors (Lipinski definition) is 3. The molecule has 0 bridgehead atoms. The quantitative estimate of drug-likeness (QED) is 0.866. The van der Waals surface area contributed by atoms with E-state index >= 15 is 0 Å². The Balaban J connectivity index is 2.05. The van der Waals surface area contributed by atoms with E-state index in [0.717, 1.165) is 12.1 Å². The second-order valence-electron chi connectivity index (χ2n) is 6.72. The van der Waals surface area contributed by atoms with Gasteiger partial charge in [0.25, 0.3) is 5.91 Å². The maximum absolute atomic E-state index is 12.8. The number of alkyl halides is 3. The monoisotopic (exact) mass is 368 g/mol. The van der Waals surface area contributed by atoms with E-state index in [1.165, 1.54) is 24.3 Å². The van der Waals surface area contributed by atoms with Crippen LogP contribution in [0.3, 0.4) is 0 Å². The molecular formula is C18H19F3N2O3. The summed E-state index contributed by atoms with van der Waals surface area (Å²) in [5, 5.41) is 5.08. The lowest BCUT2D eigenvalue weighted by Gasteiger charge is -2.20. The molecular weight excluding hydrogens is 349 g/mol. The smallest absolute Gasteiger partial charge is 0.416 e. The van der Waals surface area contributed by atoms with Gasteiger partial charge in [-0.2, -0.15) is 13.2 Å². The van der Waals surface area contributed by atoms with E-state index in [1.54, 1.807) is 20.8 Å². The first kappa shape index (κ1) is 19.6. The van der Waals surface area contributed by atoms with E-state index in [9.17, 15) is 22.8 Å². The fourth-order valence-electron chi connectivity index (χ4n) is 2.17. The van der Waals surface area contributed by atoms with Crippen LogP contribution in [0.1, 0.15) is 36.9 Å². The first-order valence-corrected chi connectivity index (χ1v) is 7.82. The zero-order valence-electron chi connectivity index (χ0n) is 14.5. The zero-order chi connectivity index (χ0) is 19.5. The van der Waals surface area contributed by atoms with Gasteiger partial charge in [0.05, 0.1) is 12.1 Å². The summed E-state index contributed by atoms with van der Waals surface area (Å²) in [6.45, 7) is 5.18. The molecule has 2 amide bonds. The van der Waals surface area contributed by atoms with E-state index in [2.05, 4.69) is 10.6 Å². The number of amides is 2. The molecule has 1 aromatic carbocycles. The standard InChI is InChI=1S/C18H19F3N2O3/c1-17(2,3)23-15(24)10-22-16(25)14-8-7-13(26-14)11-5-4-6-12(9-11)18(19,20)21/h4-9H,10H2,1-3H3,(H,22,25)(H,23,24). The molecule has 0 aliphatic rings. The number of carbonyl (C=O) groups is 2. The van der Waals surface area contributed by atoms with Crippen molar-refractivity contribution in [1.82, 2.24) is 10.6 Å². The van der Waals surface area contributed by atoms with Crippen molar-refractivity contribution in [3.63, 3.8) is 0 Å². The molecule has 0 radical (unpaired) electrons. The topological polar surface area (TPSA) is 71.3 Å². The lowest BCUT2D eigenvalue weighted by atomic mass is 10.1. The molecule has 2 aromatic rings. The third-order valence-electron chi connectivity index (χ3n) is 3.23. The minimum absolute atomic E-state index is 0.0963. The maximum Gasteiger partial charge on any atom is 0.416 e. The molecule has 0 atom stereocenters. The van der Waals surface area contributed by atoms with Gasteiger partial charge < -0.3 is 15.1 Å². The minimum Gasteiger partial charge on any atom is -0.451 e. The lowest BCUT2D eigenvalue weighted by Crippen LogP contribution is -2.45. The van der Waals surface area contributed by atoms with Crippen LogP contribution in [-0.2, 0) is 11.0 Å². The molecule has 2 rings (SSSR count). The summed E-state index contributed by atoms with van der Waals surface area (Å²) < 4.78 is 43.7. The van der Waals surface area contributed by atoms with E-state index < -0.39 is 23.2 Å². The predicted octanol–water partition coefficient (Wildman–Crippen LogP) is 3.61. The van der Waals surface area contributed by atoms with E-state index in [4.69, 9.17) is 4.42 Å². The summed E-state index contributed by atoms with van der Waals surface area (Å²) in [6.07, 6.45) is -4.47. The van der Waals surface area contributed by atoms with E-state index in [1.807, 2.05) is 0 Å². The largest absolute Gasteiger partial charge is 0.451 e. The Bertz CT molecular complexity index is 804. The zero-order valence-corrected chi connectivity index (χ0v) is 14.5. The summed E-state index contributed by atoms with van der Waals surface area (Å²) in [5.74, 6) is -0.968. The number of hydrogen-bond donors (Lipinski definition) is 2. The normalized spacial score (nSPS) is 11.9. The molecule has 1 heterocycles. The van der Waals surface area contributed by atoms with Gasteiger partial charge in [0.2, 0.25) is 5.91 Å². The number of halogens is 3. The number of nitrogens with one attached hydrogen (secondary N) is 2. The molecule has 0 unspecified atom stereocenters. The van der Waals surface area contributed by atoms with Gasteiger partial charge in [0, 0.05) is 11.1 Å². The molecule has 1 aromatic heterocycles. The van der Waals surface area contributed by atoms with Crippen LogP contribution in [0.4, 0.5) is 13.2 Å². The maximum atomic E-state index is 12.8. The Morgan fingerprint density at radius 2 is 1.77 bits per heavy atom.